The molecule has 0 aliphatic heterocycles. The topological polar surface area (TPSA) is 38.3 Å². The van der Waals surface area contributed by atoms with Gasteiger partial charge in [0.2, 0.25) is 0 Å². The lowest BCUT2D eigenvalue weighted by Gasteiger charge is -2.36. The van der Waals surface area contributed by atoms with Gasteiger partial charge in [-0.05, 0) is 51.5 Å². The van der Waals surface area contributed by atoms with E-state index in [9.17, 15) is 4.79 Å². The van der Waals surface area contributed by atoms with Crippen LogP contribution in [0, 0.1) is 0 Å². The Morgan fingerprint density at radius 1 is 0.808 bits per heavy atom. The third kappa shape index (κ3) is 8.52. The van der Waals surface area contributed by atoms with Crippen molar-refractivity contribution in [3.8, 4) is 0 Å². The Morgan fingerprint density at radius 2 is 1.38 bits per heavy atom. The van der Waals surface area contributed by atoms with Gasteiger partial charge >= 0.3 is 0 Å². The van der Waals surface area contributed by atoms with E-state index in [0.29, 0.717) is 18.8 Å². The minimum atomic E-state index is -0.566. The van der Waals surface area contributed by atoms with Crippen molar-refractivity contribution in [2.75, 3.05) is 13.2 Å². The molecule has 0 rings (SSSR count). The van der Waals surface area contributed by atoms with E-state index in [1.807, 2.05) is 0 Å². The Bertz CT molecular complexity index is 346. The summed E-state index contributed by atoms with van der Waals surface area (Å²) < 4.78 is 6.32. The second-order valence-electron chi connectivity index (χ2n) is 7.80. The number of hydrogen-bond donors (Lipinski definition) is 1. The fourth-order valence-electron chi connectivity index (χ4n) is 3.80. The lowest BCUT2D eigenvalue weighted by Crippen LogP contribution is -2.47. The molecule has 0 fully saturated rings. The normalized spacial score (nSPS) is 12.5. The monoisotopic (exact) mass is 369 g/mol. The van der Waals surface area contributed by atoms with Crippen LogP contribution >= 0.6 is 0 Å². The molecule has 0 spiro atoms. The van der Waals surface area contributed by atoms with Crippen LogP contribution in [0.5, 0.6) is 0 Å². The highest BCUT2D eigenvalue weighted by molar-refractivity contribution is 5.87. The van der Waals surface area contributed by atoms with Gasteiger partial charge < -0.3 is 10.1 Å². The summed E-state index contributed by atoms with van der Waals surface area (Å²) in [5.41, 5.74) is -0.421. The molecule has 0 amide bonds. The first-order valence-electron chi connectivity index (χ1n) is 11.4. The van der Waals surface area contributed by atoms with E-state index < -0.39 is 5.60 Å². The van der Waals surface area contributed by atoms with Gasteiger partial charge in [0.15, 0.2) is 5.78 Å². The average molecular weight is 370 g/mol. The highest BCUT2D eigenvalue weighted by Gasteiger charge is 2.36. The molecule has 0 radical (unpaired) electrons. The van der Waals surface area contributed by atoms with Crippen LogP contribution in [0.1, 0.15) is 119 Å². The van der Waals surface area contributed by atoms with E-state index in [2.05, 4.69) is 46.9 Å². The molecular formula is C23H47NO2. The predicted molar refractivity (Wildman–Crippen MR) is 114 cm³/mol. The number of unbranched alkanes of at least 4 members (excludes halogenated alkanes) is 4. The summed E-state index contributed by atoms with van der Waals surface area (Å²) in [6.07, 6.45) is 12.5. The molecule has 0 aliphatic carbocycles. The van der Waals surface area contributed by atoms with Crippen LogP contribution in [0.4, 0.5) is 0 Å². The zero-order chi connectivity index (χ0) is 19.9. The molecule has 0 atom stereocenters. The number of ether oxygens (including phenoxy) is 1. The van der Waals surface area contributed by atoms with Crippen molar-refractivity contribution in [2.24, 2.45) is 0 Å². The van der Waals surface area contributed by atoms with Crippen molar-refractivity contribution < 1.29 is 9.53 Å². The minimum Gasteiger partial charge on any atom is -0.367 e. The van der Waals surface area contributed by atoms with E-state index in [1.165, 1.54) is 19.3 Å². The van der Waals surface area contributed by atoms with Gasteiger partial charge in [0.25, 0.3) is 0 Å². The first kappa shape index (κ1) is 25.6. The molecule has 1 N–H and O–H groups in total. The van der Waals surface area contributed by atoms with E-state index in [1.54, 1.807) is 0 Å². The molecule has 0 saturated carbocycles. The van der Waals surface area contributed by atoms with Crippen LogP contribution in [0.15, 0.2) is 0 Å². The highest BCUT2D eigenvalue weighted by atomic mass is 16.5. The summed E-state index contributed by atoms with van der Waals surface area (Å²) in [4.78, 5) is 12.8. The van der Waals surface area contributed by atoms with Gasteiger partial charge in [-0.25, -0.2) is 0 Å². The van der Waals surface area contributed by atoms with Crippen LogP contribution in [0.25, 0.3) is 0 Å². The number of rotatable bonds is 18. The van der Waals surface area contributed by atoms with Crippen LogP contribution in [-0.2, 0) is 9.53 Å². The molecular weight excluding hydrogens is 322 g/mol. The second-order valence-corrected chi connectivity index (χ2v) is 7.80. The maximum absolute atomic E-state index is 12.8. The summed E-state index contributed by atoms with van der Waals surface area (Å²) in [6, 6.07) is 0. The van der Waals surface area contributed by atoms with Crippen molar-refractivity contribution in [3.05, 3.63) is 0 Å². The van der Waals surface area contributed by atoms with Crippen molar-refractivity contribution in [3.63, 3.8) is 0 Å². The van der Waals surface area contributed by atoms with E-state index in [0.717, 1.165) is 57.9 Å². The average Bonchev–Trinajstić information content (AvgIpc) is 2.67. The Hall–Kier alpha value is -0.410. The molecule has 0 bridgehead atoms. The zero-order valence-electron chi connectivity index (χ0n) is 18.7. The van der Waals surface area contributed by atoms with E-state index >= 15 is 0 Å². The largest absolute Gasteiger partial charge is 0.367 e. The second kappa shape index (κ2) is 14.6. The fraction of sp³-hybridized carbons (Fsp3) is 0.957. The molecule has 0 aromatic carbocycles. The van der Waals surface area contributed by atoms with E-state index in [-0.39, 0.29) is 5.54 Å². The Balaban J connectivity index is 4.70. The summed E-state index contributed by atoms with van der Waals surface area (Å²) in [6.45, 7) is 14.9. The van der Waals surface area contributed by atoms with Crippen molar-refractivity contribution in [2.45, 2.75) is 130 Å². The van der Waals surface area contributed by atoms with Crippen LogP contribution < -0.4 is 5.32 Å². The molecule has 0 unspecified atom stereocenters. The first-order valence-corrected chi connectivity index (χ1v) is 11.4. The maximum Gasteiger partial charge on any atom is 0.164 e. The maximum atomic E-state index is 12.8. The third-order valence-electron chi connectivity index (χ3n) is 6.25. The van der Waals surface area contributed by atoms with Crippen LogP contribution in [0.3, 0.4) is 0 Å². The quantitative estimate of drug-likeness (QED) is 0.282. The van der Waals surface area contributed by atoms with Crippen molar-refractivity contribution in [1.82, 2.24) is 5.32 Å². The molecule has 3 heteroatoms. The summed E-state index contributed by atoms with van der Waals surface area (Å²) in [5, 5.41) is 3.80. The lowest BCUT2D eigenvalue weighted by molar-refractivity contribution is -0.147. The summed E-state index contributed by atoms with van der Waals surface area (Å²) >= 11 is 0. The van der Waals surface area contributed by atoms with Gasteiger partial charge in [0.05, 0.1) is 0 Å². The van der Waals surface area contributed by atoms with Gasteiger partial charge in [0.1, 0.15) is 5.60 Å². The van der Waals surface area contributed by atoms with E-state index in [4.69, 9.17) is 4.74 Å². The van der Waals surface area contributed by atoms with Gasteiger partial charge in [-0.3, -0.25) is 4.79 Å². The van der Waals surface area contributed by atoms with Crippen molar-refractivity contribution >= 4 is 5.78 Å². The Kier molecular flexibility index (Phi) is 14.4. The molecule has 0 aliphatic rings. The Labute approximate surface area is 164 Å². The van der Waals surface area contributed by atoms with Gasteiger partial charge in [-0.15, -0.1) is 0 Å². The SMILES string of the molecule is CCCCCNC(CC)(CC)CCOC(CC)(CC)C(=O)CCCCC. The highest BCUT2D eigenvalue weighted by Crippen LogP contribution is 2.27. The first-order chi connectivity index (χ1) is 12.5. The molecule has 26 heavy (non-hydrogen) atoms. The number of carbonyl (C=O) groups is 1. The molecule has 0 heterocycles. The van der Waals surface area contributed by atoms with Crippen LogP contribution in [-0.4, -0.2) is 30.1 Å². The van der Waals surface area contributed by atoms with Gasteiger partial charge in [-0.2, -0.15) is 0 Å². The standard InChI is InChI=1S/C23H47NO2/c1-7-13-15-17-21(25)23(11-5,12-6)26-20-18-22(9-3,10-4)24-19-16-14-8-2/h24H,7-20H2,1-6H3. The molecule has 0 aromatic rings. The van der Waals surface area contributed by atoms with Gasteiger partial charge in [-0.1, -0.05) is 67.2 Å². The van der Waals surface area contributed by atoms with Crippen LogP contribution in [0.2, 0.25) is 0 Å². The lowest BCUT2D eigenvalue weighted by atomic mass is 9.87. The molecule has 0 aromatic heterocycles. The Morgan fingerprint density at radius 3 is 1.88 bits per heavy atom. The third-order valence-corrected chi connectivity index (χ3v) is 6.25. The molecule has 156 valence electrons. The number of Topliss-reactive ketones (excluding diaryl/α,β-unsaturated/α-hetero) is 1. The molecule has 3 nitrogen and oxygen atoms in total. The minimum absolute atomic E-state index is 0.145. The summed E-state index contributed by atoms with van der Waals surface area (Å²) in [5.74, 6) is 0.311. The smallest absolute Gasteiger partial charge is 0.164 e. The van der Waals surface area contributed by atoms with Crippen molar-refractivity contribution in [1.29, 1.82) is 0 Å². The number of hydrogen-bond acceptors (Lipinski definition) is 3. The number of carbonyl (C=O) groups excluding carboxylic acids is 1. The number of ketones is 1. The molecule has 0 saturated heterocycles. The fourth-order valence-corrected chi connectivity index (χ4v) is 3.80. The van der Waals surface area contributed by atoms with Gasteiger partial charge in [0, 0.05) is 18.6 Å². The zero-order valence-corrected chi connectivity index (χ0v) is 18.7. The predicted octanol–water partition coefficient (Wildman–Crippen LogP) is 6.44. The number of nitrogens with one attached hydrogen (secondary N) is 1. The summed E-state index contributed by atoms with van der Waals surface area (Å²) in [7, 11) is 0.